The quantitative estimate of drug-likeness (QED) is 0.733. The van der Waals surface area contributed by atoms with Crippen molar-refractivity contribution in [1.29, 1.82) is 0 Å². The Kier molecular flexibility index (Phi) is 5.91. The second-order valence-electron chi connectivity index (χ2n) is 5.16. The average molecular weight is 356 g/mol. The first-order valence-corrected chi connectivity index (χ1v) is 8.43. The molecule has 1 fully saturated rings. The third kappa shape index (κ3) is 3.51. The van der Waals surface area contributed by atoms with Crippen molar-refractivity contribution in [2.45, 2.75) is 31.7 Å². The monoisotopic (exact) mass is 355 g/mol. The molecule has 21 heavy (non-hydrogen) atoms. The van der Waals surface area contributed by atoms with Crippen LogP contribution in [-0.4, -0.2) is 42.9 Å². The predicted molar refractivity (Wildman–Crippen MR) is 86.6 cm³/mol. The molecule has 1 amide bonds. The molecule has 4 nitrogen and oxygen atoms in total. The molecule has 1 aromatic carbocycles. The summed E-state index contributed by atoms with van der Waals surface area (Å²) in [5.74, 6) is 1.13. The van der Waals surface area contributed by atoms with E-state index in [2.05, 4.69) is 15.9 Å². The van der Waals surface area contributed by atoms with Crippen molar-refractivity contribution in [3.63, 3.8) is 0 Å². The van der Waals surface area contributed by atoms with Crippen LogP contribution >= 0.6 is 15.9 Å². The maximum atomic E-state index is 13.0. The standard InChI is InChI=1S/C16H22BrNO3/c1-20-13-8-5-9-14(21-2)15(13)16(19)18(11-10-17)12-6-3-4-7-12/h5,8-9,12H,3-4,6-7,10-11H2,1-2H3. The number of hydrogen-bond acceptors (Lipinski definition) is 3. The van der Waals surface area contributed by atoms with E-state index in [1.807, 2.05) is 11.0 Å². The van der Waals surface area contributed by atoms with Gasteiger partial charge in [-0.25, -0.2) is 0 Å². The van der Waals surface area contributed by atoms with Crippen LogP contribution in [0.4, 0.5) is 0 Å². The molecule has 1 aromatic rings. The first kappa shape index (κ1) is 16.1. The van der Waals surface area contributed by atoms with E-state index in [1.165, 1.54) is 12.8 Å². The largest absolute Gasteiger partial charge is 0.496 e. The topological polar surface area (TPSA) is 38.8 Å². The van der Waals surface area contributed by atoms with E-state index in [9.17, 15) is 4.79 Å². The third-order valence-corrected chi connectivity index (χ3v) is 4.35. The number of rotatable bonds is 6. The number of alkyl halides is 1. The van der Waals surface area contributed by atoms with E-state index in [0.717, 1.165) is 18.2 Å². The van der Waals surface area contributed by atoms with Gasteiger partial charge in [0.15, 0.2) is 0 Å². The van der Waals surface area contributed by atoms with E-state index in [-0.39, 0.29) is 5.91 Å². The minimum absolute atomic E-state index is 0.00403. The Morgan fingerprint density at radius 2 is 1.81 bits per heavy atom. The lowest BCUT2D eigenvalue weighted by molar-refractivity contribution is 0.0689. The number of amides is 1. The lowest BCUT2D eigenvalue weighted by atomic mass is 10.1. The zero-order valence-electron chi connectivity index (χ0n) is 12.6. The van der Waals surface area contributed by atoms with Crippen LogP contribution in [0, 0.1) is 0 Å². The van der Waals surface area contributed by atoms with Gasteiger partial charge in [0.2, 0.25) is 0 Å². The van der Waals surface area contributed by atoms with Crippen molar-refractivity contribution in [2.75, 3.05) is 26.1 Å². The molecule has 0 unspecified atom stereocenters. The van der Waals surface area contributed by atoms with Gasteiger partial charge in [-0.05, 0) is 25.0 Å². The van der Waals surface area contributed by atoms with Crippen LogP contribution in [0.3, 0.4) is 0 Å². The van der Waals surface area contributed by atoms with Crippen LogP contribution in [0.2, 0.25) is 0 Å². The highest BCUT2D eigenvalue weighted by molar-refractivity contribution is 9.09. The lowest BCUT2D eigenvalue weighted by Gasteiger charge is -2.29. The van der Waals surface area contributed by atoms with Crippen LogP contribution in [0.5, 0.6) is 11.5 Å². The van der Waals surface area contributed by atoms with Crippen molar-refractivity contribution >= 4 is 21.8 Å². The Morgan fingerprint density at radius 3 is 2.29 bits per heavy atom. The van der Waals surface area contributed by atoms with Gasteiger partial charge >= 0.3 is 0 Å². The van der Waals surface area contributed by atoms with Gasteiger partial charge in [0.25, 0.3) is 5.91 Å². The zero-order chi connectivity index (χ0) is 15.2. The summed E-state index contributed by atoms with van der Waals surface area (Å²) in [4.78, 5) is 15.0. The Hall–Kier alpha value is -1.23. The number of benzene rings is 1. The van der Waals surface area contributed by atoms with E-state index >= 15 is 0 Å². The highest BCUT2D eigenvalue weighted by Crippen LogP contribution is 2.32. The van der Waals surface area contributed by atoms with Gasteiger partial charge in [0, 0.05) is 17.9 Å². The maximum absolute atomic E-state index is 13.0. The highest BCUT2D eigenvalue weighted by atomic mass is 79.9. The van der Waals surface area contributed by atoms with Crippen LogP contribution in [0.1, 0.15) is 36.0 Å². The molecule has 0 radical (unpaired) electrons. The maximum Gasteiger partial charge on any atom is 0.261 e. The summed E-state index contributed by atoms with van der Waals surface area (Å²) in [5, 5.41) is 0.771. The fraction of sp³-hybridized carbons (Fsp3) is 0.562. The second kappa shape index (κ2) is 7.69. The molecular weight excluding hydrogens is 334 g/mol. The van der Waals surface area contributed by atoms with Gasteiger partial charge in [-0.2, -0.15) is 0 Å². The molecule has 2 rings (SSSR count). The number of ether oxygens (including phenoxy) is 2. The van der Waals surface area contributed by atoms with Crippen molar-refractivity contribution < 1.29 is 14.3 Å². The molecule has 0 saturated heterocycles. The van der Waals surface area contributed by atoms with Gasteiger partial charge in [0.05, 0.1) is 14.2 Å². The van der Waals surface area contributed by atoms with E-state index in [4.69, 9.17) is 9.47 Å². The first-order chi connectivity index (χ1) is 10.2. The SMILES string of the molecule is COc1cccc(OC)c1C(=O)N(CCBr)C1CCCC1. The average Bonchev–Trinajstić information content (AvgIpc) is 3.05. The zero-order valence-corrected chi connectivity index (χ0v) is 14.2. The Bertz CT molecular complexity index is 464. The molecule has 0 bridgehead atoms. The van der Waals surface area contributed by atoms with Gasteiger partial charge in [-0.1, -0.05) is 34.8 Å². The highest BCUT2D eigenvalue weighted by Gasteiger charge is 2.30. The summed E-state index contributed by atoms with van der Waals surface area (Å²) in [7, 11) is 3.16. The fourth-order valence-electron chi connectivity index (χ4n) is 2.96. The third-order valence-electron chi connectivity index (χ3n) is 3.99. The first-order valence-electron chi connectivity index (χ1n) is 7.30. The Balaban J connectivity index is 2.35. The van der Waals surface area contributed by atoms with Crippen LogP contribution in [0.25, 0.3) is 0 Å². The Morgan fingerprint density at radius 1 is 1.24 bits per heavy atom. The number of methoxy groups -OCH3 is 2. The van der Waals surface area contributed by atoms with Crippen LogP contribution in [-0.2, 0) is 0 Å². The normalized spacial score (nSPS) is 15.0. The summed E-state index contributed by atoms with van der Waals surface area (Å²) >= 11 is 3.45. The van der Waals surface area contributed by atoms with Gasteiger partial charge in [0.1, 0.15) is 17.1 Å². The summed E-state index contributed by atoms with van der Waals surface area (Å²) in [6, 6.07) is 5.76. The molecule has 116 valence electrons. The molecule has 0 spiro atoms. The summed E-state index contributed by atoms with van der Waals surface area (Å²) in [6.07, 6.45) is 4.55. The van der Waals surface area contributed by atoms with Gasteiger partial charge in [-0.3, -0.25) is 4.79 Å². The summed E-state index contributed by atoms with van der Waals surface area (Å²) in [5.41, 5.74) is 0.523. The molecule has 0 atom stereocenters. The van der Waals surface area contributed by atoms with Crippen molar-refractivity contribution in [1.82, 2.24) is 4.90 Å². The van der Waals surface area contributed by atoms with Crippen LogP contribution < -0.4 is 9.47 Å². The smallest absolute Gasteiger partial charge is 0.261 e. The molecule has 5 heteroatoms. The molecule has 0 heterocycles. The van der Waals surface area contributed by atoms with E-state index in [0.29, 0.717) is 29.6 Å². The van der Waals surface area contributed by atoms with Crippen molar-refractivity contribution in [2.24, 2.45) is 0 Å². The molecular formula is C16H22BrNO3. The minimum atomic E-state index is -0.00403. The molecule has 1 saturated carbocycles. The van der Waals surface area contributed by atoms with E-state index < -0.39 is 0 Å². The number of hydrogen-bond donors (Lipinski definition) is 0. The fourth-order valence-corrected chi connectivity index (χ4v) is 3.34. The van der Waals surface area contributed by atoms with Crippen molar-refractivity contribution in [3.05, 3.63) is 23.8 Å². The van der Waals surface area contributed by atoms with Crippen molar-refractivity contribution in [3.8, 4) is 11.5 Å². The molecule has 0 N–H and O–H groups in total. The molecule has 0 aliphatic heterocycles. The Labute approximate surface area is 134 Å². The number of carbonyl (C=O) groups excluding carboxylic acids is 1. The molecule has 1 aliphatic rings. The molecule has 0 aromatic heterocycles. The lowest BCUT2D eigenvalue weighted by Crippen LogP contribution is -2.40. The number of halogens is 1. The van der Waals surface area contributed by atoms with Gasteiger partial charge < -0.3 is 14.4 Å². The minimum Gasteiger partial charge on any atom is -0.496 e. The van der Waals surface area contributed by atoms with Crippen LogP contribution in [0.15, 0.2) is 18.2 Å². The van der Waals surface area contributed by atoms with E-state index in [1.54, 1.807) is 26.4 Å². The van der Waals surface area contributed by atoms with Gasteiger partial charge in [-0.15, -0.1) is 0 Å². The summed E-state index contributed by atoms with van der Waals surface area (Å²) < 4.78 is 10.7. The molecule has 1 aliphatic carbocycles. The second-order valence-corrected chi connectivity index (χ2v) is 5.96. The summed E-state index contributed by atoms with van der Waals surface area (Å²) in [6.45, 7) is 0.699. The number of nitrogens with zero attached hydrogens (tertiary/aromatic N) is 1. The predicted octanol–water partition coefficient (Wildman–Crippen LogP) is 3.48. The number of carbonyl (C=O) groups is 1.